The van der Waals surface area contributed by atoms with Gasteiger partial charge in [0.25, 0.3) is 5.91 Å². The van der Waals surface area contributed by atoms with E-state index < -0.39 is 5.91 Å². The Bertz CT molecular complexity index is 1250. The van der Waals surface area contributed by atoms with Crippen molar-refractivity contribution in [1.82, 2.24) is 25.2 Å². The molecule has 10 nitrogen and oxygen atoms in total. The van der Waals surface area contributed by atoms with Crippen LogP contribution in [0.5, 0.6) is 0 Å². The number of hydrogen-bond donors (Lipinski definition) is 3. The van der Waals surface area contributed by atoms with Gasteiger partial charge >= 0.3 is 0 Å². The molecule has 0 spiro atoms. The number of morpholine rings is 1. The van der Waals surface area contributed by atoms with E-state index in [2.05, 4.69) is 26.6 Å². The van der Waals surface area contributed by atoms with Crippen molar-refractivity contribution >= 4 is 22.8 Å². The van der Waals surface area contributed by atoms with Crippen LogP contribution in [-0.2, 0) is 11.3 Å². The molecule has 1 aromatic carbocycles. The minimum Gasteiger partial charge on any atom is -0.377 e. The molecule has 2 aliphatic heterocycles. The van der Waals surface area contributed by atoms with Crippen LogP contribution in [0, 0.1) is 11.3 Å². The van der Waals surface area contributed by atoms with Gasteiger partial charge in [0, 0.05) is 37.4 Å². The number of anilines is 1. The van der Waals surface area contributed by atoms with Crippen LogP contribution in [0.25, 0.3) is 22.4 Å². The van der Waals surface area contributed by atoms with Crippen LogP contribution in [0.15, 0.2) is 36.5 Å². The van der Waals surface area contributed by atoms with Crippen molar-refractivity contribution in [2.45, 2.75) is 31.5 Å². The van der Waals surface area contributed by atoms with Gasteiger partial charge in [-0.15, -0.1) is 0 Å². The van der Waals surface area contributed by atoms with E-state index in [9.17, 15) is 10.1 Å². The maximum absolute atomic E-state index is 12.1. The summed E-state index contributed by atoms with van der Waals surface area (Å²) < 4.78 is 5.42. The average molecular weight is 473 g/mol. The molecule has 4 N–H and O–H groups in total. The Kier molecular flexibility index (Phi) is 6.81. The highest BCUT2D eigenvalue weighted by Crippen LogP contribution is 2.27. The fourth-order valence-corrected chi connectivity index (χ4v) is 4.57. The van der Waals surface area contributed by atoms with E-state index in [1.54, 1.807) is 12.3 Å². The van der Waals surface area contributed by atoms with Crippen molar-refractivity contribution in [3.8, 4) is 17.5 Å². The van der Waals surface area contributed by atoms with E-state index in [0.717, 1.165) is 43.6 Å². The van der Waals surface area contributed by atoms with E-state index in [0.29, 0.717) is 48.0 Å². The zero-order chi connectivity index (χ0) is 24.2. The van der Waals surface area contributed by atoms with E-state index in [4.69, 9.17) is 20.4 Å². The number of amides is 1. The number of rotatable bonds is 6. The van der Waals surface area contributed by atoms with Crippen molar-refractivity contribution in [3.05, 3.63) is 47.7 Å². The normalized spacial score (nSPS) is 20.9. The number of nitrogens with one attached hydrogen (secondary N) is 2. The van der Waals surface area contributed by atoms with Gasteiger partial charge in [-0.3, -0.25) is 14.7 Å². The third-order valence-electron chi connectivity index (χ3n) is 6.47. The van der Waals surface area contributed by atoms with Crippen LogP contribution in [-0.4, -0.2) is 70.7 Å². The summed E-state index contributed by atoms with van der Waals surface area (Å²) in [4.78, 5) is 28.2. The van der Waals surface area contributed by atoms with Gasteiger partial charge in [-0.25, -0.2) is 9.97 Å². The highest BCUT2D eigenvalue weighted by atomic mass is 16.5. The number of benzene rings is 1. The minimum atomic E-state index is -0.555. The second-order valence-corrected chi connectivity index (χ2v) is 8.89. The Morgan fingerprint density at radius 1 is 1.26 bits per heavy atom. The van der Waals surface area contributed by atoms with Crippen LogP contribution in [0.2, 0.25) is 0 Å². The van der Waals surface area contributed by atoms with Crippen molar-refractivity contribution in [2.24, 2.45) is 5.73 Å². The molecule has 2 aromatic heterocycles. The Morgan fingerprint density at radius 3 is 2.86 bits per heavy atom. The summed E-state index contributed by atoms with van der Waals surface area (Å²) in [5.74, 6) is 0.531. The lowest BCUT2D eigenvalue weighted by molar-refractivity contribution is 0.00889. The molecule has 35 heavy (non-hydrogen) atoms. The van der Waals surface area contributed by atoms with Gasteiger partial charge in [0.15, 0.2) is 11.6 Å². The second kappa shape index (κ2) is 10.3. The molecule has 180 valence electrons. The number of ether oxygens (including phenoxy) is 1. The van der Waals surface area contributed by atoms with Crippen LogP contribution >= 0.6 is 0 Å². The SMILES string of the molecule is N#C[C@H]1COCCN1Cc1ccc(-c2nc(N[C@H]3CCCNC3)c3nccc(C(N)=O)c3n2)cc1. The molecule has 0 unspecified atom stereocenters. The van der Waals surface area contributed by atoms with Gasteiger partial charge in [-0.2, -0.15) is 5.26 Å². The predicted molar refractivity (Wildman–Crippen MR) is 131 cm³/mol. The standard InChI is InChI=1S/C25H28N8O2/c26-12-19-15-35-11-10-33(19)14-16-3-5-17(6-4-16)24-31-21-20(23(27)34)7-9-29-22(21)25(32-24)30-18-2-1-8-28-13-18/h3-7,9,18-19,28H,1-2,8,10-11,13-15H2,(H2,27,34)(H,30,31,32)/t18-,19-/m0/s1. The molecule has 10 heteroatoms. The number of fused-ring (bicyclic) bond motifs is 1. The number of pyridine rings is 1. The zero-order valence-electron chi connectivity index (χ0n) is 19.4. The highest BCUT2D eigenvalue weighted by Gasteiger charge is 2.23. The smallest absolute Gasteiger partial charge is 0.251 e. The summed E-state index contributed by atoms with van der Waals surface area (Å²) in [6.45, 7) is 4.28. The lowest BCUT2D eigenvalue weighted by atomic mass is 10.1. The first kappa shape index (κ1) is 23.1. The fourth-order valence-electron chi connectivity index (χ4n) is 4.57. The number of hydrogen-bond acceptors (Lipinski definition) is 9. The quantitative estimate of drug-likeness (QED) is 0.488. The van der Waals surface area contributed by atoms with Gasteiger partial charge in [-0.1, -0.05) is 24.3 Å². The highest BCUT2D eigenvalue weighted by molar-refractivity contribution is 6.06. The lowest BCUT2D eigenvalue weighted by Gasteiger charge is -2.31. The number of piperidine rings is 1. The third-order valence-corrected chi connectivity index (χ3v) is 6.47. The summed E-state index contributed by atoms with van der Waals surface area (Å²) in [7, 11) is 0. The Balaban J connectivity index is 1.47. The molecule has 2 fully saturated rings. The lowest BCUT2D eigenvalue weighted by Crippen LogP contribution is -2.43. The first-order valence-corrected chi connectivity index (χ1v) is 11.9. The van der Waals surface area contributed by atoms with E-state index in [1.807, 2.05) is 24.3 Å². The third kappa shape index (κ3) is 5.07. The van der Waals surface area contributed by atoms with Crippen molar-refractivity contribution < 1.29 is 9.53 Å². The first-order chi connectivity index (χ1) is 17.1. The van der Waals surface area contributed by atoms with Crippen LogP contribution in [0.3, 0.4) is 0 Å². The van der Waals surface area contributed by atoms with Crippen molar-refractivity contribution in [1.29, 1.82) is 5.26 Å². The molecule has 3 aromatic rings. The number of nitrogens with two attached hydrogens (primary N) is 1. The number of primary amides is 1. The number of nitrogens with zero attached hydrogens (tertiary/aromatic N) is 5. The van der Waals surface area contributed by atoms with Crippen LogP contribution in [0.1, 0.15) is 28.8 Å². The number of carbonyl (C=O) groups is 1. The van der Waals surface area contributed by atoms with Gasteiger partial charge in [0.05, 0.1) is 24.8 Å². The van der Waals surface area contributed by atoms with Gasteiger partial charge < -0.3 is 21.1 Å². The van der Waals surface area contributed by atoms with Gasteiger partial charge in [0.1, 0.15) is 17.1 Å². The molecule has 0 saturated carbocycles. The van der Waals surface area contributed by atoms with Gasteiger partial charge in [-0.05, 0) is 31.0 Å². The molecule has 4 heterocycles. The Morgan fingerprint density at radius 2 is 2.11 bits per heavy atom. The molecular weight excluding hydrogens is 444 g/mol. The summed E-state index contributed by atoms with van der Waals surface area (Å²) in [6.07, 6.45) is 3.65. The first-order valence-electron chi connectivity index (χ1n) is 11.9. The van der Waals surface area contributed by atoms with E-state index in [-0.39, 0.29) is 12.1 Å². The number of carbonyl (C=O) groups excluding carboxylic acids is 1. The maximum Gasteiger partial charge on any atom is 0.251 e. The maximum atomic E-state index is 12.1. The summed E-state index contributed by atoms with van der Waals surface area (Å²) in [5, 5.41) is 16.3. The molecule has 2 atom stereocenters. The van der Waals surface area contributed by atoms with Crippen molar-refractivity contribution in [3.63, 3.8) is 0 Å². The number of nitriles is 1. The second-order valence-electron chi connectivity index (χ2n) is 8.89. The molecule has 0 aliphatic carbocycles. The molecule has 2 saturated heterocycles. The van der Waals surface area contributed by atoms with Gasteiger partial charge in [0.2, 0.25) is 0 Å². The Hall–Kier alpha value is -3.65. The fraction of sp³-hybridized carbons (Fsp3) is 0.400. The Labute approximate surface area is 203 Å². The van der Waals surface area contributed by atoms with E-state index >= 15 is 0 Å². The average Bonchev–Trinajstić information content (AvgIpc) is 2.89. The topological polar surface area (TPSA) is 142 Å². The molecule has 1 amide bonds. The van der Waals surface area contributed by atoms with Crippen molar-refractivity contribution in [2.75, 3.05) is 38.2 Å². The summed E-state index contributed by atoms with van der Waals surface area (Å²) in [6, 6.07) is 11.8. The largest absolute Gasteiger partial charge is 0.377 e. The minimum absolute atomic E-state index is 0.206. The van der Waals surface area contributed by atoms with Crippen LogP contribution in [0.4, 0.5) is 5.82 Å². The zero-order valence-corrected chi connectivity index (χ0v) is 19.4. The monoisotopic (exact) mass is 472 g/mol. The summed E-state index contributed by atoms with van der Waals surface area (Å²) >= 11 is 0. The molecule has 5 rings (SSSR count). The molecule has 2 aliphatic rings. The molecule has 0 radical (unpaired) electrons. The molecular formula is C25H28N8O2. The molecule has 0 bridgehead atoms. The number of aromatic nitrogens is 3. The van der Waals surface area contributed by atoms with E-state index in [1.165, 1.54) is 0 Å². The van der Waals surface area contributed by atoms with Crippen LogP contribution < -0.4 is 16.4 Å². The predicted octanol–water partition coefficient (Wildman–Crippen LogP) is 1.68. The summed E-state index contributed by atoms with van der Waals surface area (Å²) in [5.41, 5.74) is 8.82.